The summed E-state index contributed by atoms with van der Waals surface area (Å²) in [6.45, 7) is 7.70. The van der Waals surface area contributed by atoms with Crippen LogP contribution >= 0.6 is 15.9 Å². The van der Waals surface area contributed by atoms with Crippen molar-refractivity contribution in [2.75, 3.05) is 6.61 Å². The maximum absolute atomic E-state index is 10.2. The number of hydrogen-bond donors (Lipinski definition) is 2. The molecule has 0 spiro atoms. The quantitative estimate of drug-likeness (QED) is 0.877. The molecule has 0 aliphatic carbocycles. The van der Waals surface area contributed by atoms with E-state index in [1.54, 1.807) is 6.92 Å². The third kappa shape index (κ3) is 3.70. The van der Waals surface area contributed by atoms with Gasteiger partial charge < -0.3 is 14.9 Å². The van der Waals surface area contributed by atoms with E-state index in [0.717, 1.165) is 15.6 Å². The zero-order valence-corrected chi connectivity index (χ0v) is 12.9. The topological polar surface area (TPSA) is 49.7 Å². The average molecular weight is 317 g/mol. The first-order chi connectivity index (χ1) is 8.27. The highest BCUT2D eigenvalue weighted by Gasteiger charge is 2.26. The molecule has 0 amide bonds. The van der Waals surface area contributed by atoms with Crippen LogP contribution in [0.3, 0.4) is 0 Å². The molecule has 2 N–H and O–H groups in total. The first kappa shape index (κ1) is 15.5. The van der Waals surface area contributed by atoms with Gasteiger partial charge in [-0.3, -0.25) is 0 Å². The van der Waals surface area contributed by atoms with Crippen LogP contribution in [0.5, 0.6) is 5.75 Å². The normalized spacial score (nSPS) is 14.7. The van der Waals surface area contributed by atoms with Gasteiger partial charge in [0.05, 0.1) is 12.2 Å². The van der Waals surface area contributed by atoms with Gasteiger partial charge in [-0.15, -0.1) is 0 Å². The predicted molar refractivity (Wildman–Crippen MR) is 75.8 cm³/mol. The van der Waals surface area contributed by atoms with Crippen LogP contribution in [0.1, 0.15) is 31.9 Å². The molecule has 1 unspecified atom stereocenters. The summed E-state index contributed by atoms with van der Waals surface area (Å²) in [5, 5.41) is 19.5. The Morgan fingerprint density at radius 1 is 1.39 bits per heavy atom. The van der Waals surface area contributed by atoms with Crippen LogP contribution in [0.4, 0.5) is 0 Å². The molecule has 0 aromatic heterocycles. The minimum atomic E-state index is -0.883. The molecule has 18 heavy (non-hydrogen) atoms. The SMILES string of the molecule is Cc1cc(Br)cc(CO)c1OCC(C)(O)C(C)C. The summed E-state index contributed by atoms with van der Waals surface area (Å²) in [4.78, 5) is 0. The average Bonchev–Trinajstić information content (AvgIpc) is 2.26. The molecule has 0 aliphatic heterocycles. The summed E-state index contributed by atoms with van der Waals surface area (Å²) in [7, 11) is 0. The number of benzene rings is 1. The van der Waals surface area contributed by atoms with E-state index in [-0.39, 0.29) is 19.1 Å². The first-order valence-electron chi connectivity index (χ1n) is 6.03. The molecule has 0 radical (unpaired) electrons. The Morgan fingerprint density at radius 3 is 2.50 bits per heavy atom. The molecule has 102 valence electrons. The van der Waals surface area contributed by atoms with E-state index in [0.29, 0.717) is 5.75 Å². The summed E-state index contributed by atoms with van der Waals surface area (Å²) >= 11 is 3.39. The summed E-state index contributed by atoms with van der Waals surface area (Å²) in [6, 6.07) is 3.75. The number of ether oxygens (including phenoxy) is 1. The second-order valence-corrected chi connectivity index (χ2v) is 6.09. The van der Waals surface area contributed by atoms with E-state index in [1.165, 1.54) is 0 Å². The van der Waals surface area contributed by atoms with Gasteiger partial charge in [0.2, 0.25) is 0 Å². The van der Waals surface area contributed by atoms with E-state index in [2.05, 4.69) is 15.9 Å². The van der Waals surface area contributed by atoms with Gasteiger partial charge >= 0.3 is 0 Å². The molecule has 1 atom stereocenters. The third-order valence-corrected chi connectivity index (χ3v) is 3.70. The number of rotatable bonds is 5. The first-order valence-corrected chi connectivity index (χ1v) is 6.82. The van der Waals surface area contributed by atoms with Crippen LogP contribution in [0.15, 0.2) is 16.6 Å². The molecule has 3 nitrogen and oxygen atoms in total. The van der Waals surface area contributed by atoms with E-state index >= 15 is 0 Å². The lowest BCUT2D eigenvalue weighted by atomic mass is 9.93. The third-order valence-electron chi connectivity index (χ3n) is 3.24. The van der Waals surface area contributed by atoms with Gasteiger partial charge in [-0.25, -0.2) is 0 Å². The Kier molecular flexibility index (Phi) is 5.20. The van der Waals surface area contributed by atoms with Crippen LogP contribution in [0.2, 0.25) is 0 Å². The maximum atomic E-state index is 10.2. The van der Waals surface area contributed by atoms with Crippen molar-refractivity contribution in [3.8, 4) is 5.75 Å². The zero-order valence-electron chi connectivity index (χ0n) is 11.3. The highest BCUT2D eigenvalue weighted by molar-refractivity contribution is 9.10. The van der Waals surface area contributed by atoms with Crippen molar-refractivity contribution < 1.29 is 14.9 Å². The van der Waals surface area contributed by atoms with Crippen molar-refractivity contribution in [3.63, 3.8) is 0 Å². The second-order valence-electron chi connectivity index (χ2n) is 5.17. The van der Waals surface area contributed by atoms with Crippen molar-refractivity contribution in [2.45, 2.75) is 39.9 Å². The molecule has 0 saturated carbocycles. The van der Waals surface area contributed by atoms with Gasteiger partial charge in [-0.05, 0) is 37.5 Å². The molecule has 1 aromatic rings. The van der Waals surface area contributed by atoms with Crippen LogP contribution < -0.4 is 4.74 Å². The van der Waals surface area contributed by atoms with Crippen molar-refractivity contribution in [1.29, 1.82) is 0 Å². The Bertz CT molecular complexity index is 414. The molecule has 1 rings (SSSR count). The molecule has 0 fully saturated rings. The van der Waals surface area contributed by atoms with E-state index in [4.69, 9.17) is 4.74 Å². The summed E-state index contributed by atoms with van der Waals surface area (Å²) in [5.41, 5.74) is 0.779. The van der Waals surface area contributed by atoms with Crippen LogP contribution in [-0.2, 0) is 6.61 Å². The summed E-state index contributed by atoms with van der Waals surface area (Å²) in [5.74, 6) is 0.757. The highest BCUT2D eigenvalue weighted by atomic mass is 79.9. The minimum absolute atomic E-state index is 0.0839. The Hall–Kier alpha value is -0.580. The van der Waals surface area contributed by atoms with Crippen molar-refractivity contribution in [3.05, 3.63) is 27.7 Å². The Balaban J connectivity index is 2.91. The minimum Gasteiger partial charge on any atom is -0.490 e. The number of hydrogen-bond acceptors (Lipinski definition) is 3. The lowest BCUT2D eigenvalue weighted by molar-refractivity contribution is -0.0272. The number of halogens is 1. The summed E-state index contributed by atoms with van der Waals surface area (Å²) < 4.78 is 6.62. The largest absolute Gasteiger partial charge is 0.490 e. The fourth-order valence-electron chi connectivity index (χ4n) is 1.51. The van der Waals surface area contributed by atoms with Crippen molar-refractivity contribution >= 4 is 15.9 Å². The summed E-state index contributed by atoms with van der Waals surface area (Å²) in [6.07, 6.45) is 0. The van der Waals surface area contributed by atoms with E-state index < -0.39 is 5.60 Å². The van der Waals surface area contributed by atoms with Crippen LogP contribution in [-0.4, -0.2) is 22.4 Å². The van der Waals surface area contributed by atoms with Crippen LogP contribution in [0.25, 0.3) is 0 Å². The van der Waals surface area contributed by atoms with Crippen molar-refractivity contribution in [1.82, 2.24) is 0 Å². The van der Waals surface area contributed by atoms with Gasteiger partial charge in [0.15, 0.2) is 0 Å². The number of aliphatic hydroxyl groups excluding tert-OH is 1. The second kappa shape index (κ2) is 6.04. The monoisotopic (exact) mass is 316 g/mol. The standard InChI is InChI=1S/C14H21BrO3/c1-9(2)14(4,17)8-18-13-10(3)5-12(15)6-11(13)7-16/h5-6,9,16-17H,7-8H2,1-4H3. The number of aliphatic hydroxyl groups is 2. The lowest BCUT2D eigenvalue weighted by Crippen LogP contribution is -2.38. The molecular formula is C14H21BrO3. The van der Waals surface area contributed by atoms with E-state index in [1.807, 2.05) is 32.9 Å². The fourth-order valence-corrected chi connectivity index (χ4v) is 2.13. The van der Waals surface area contributed by atoms with Gasteiger partial charge in [0.1, 0.15) is 12.4 Å². The van der Waals surface area contributed by atoms with Gasteiger partial charge in [0, 0.05) is 10.0 Å². The number of aryl methyl sites for hydroxylation is 1. The molecule has 0 bridgehead atoms. The maximum Gasteiger partial charge on any atom is 0.127 e. The van der Waals surface area contributed by atoms with Gasteiger partial charge in [-0.1, -0.05) is 29.8 Å². The highest BCUT2D eigenvalue weighted by Crippen LogP contribution is 2.29. The smallest absolute Gasteiger partial charge is 0.127 e. The lowest BCUT2D eigenvalue weighted by Gasteiger charge is -2.28. The van der Waals surface area contributed by atoms with Crippen molar-refractivity contribution in [2.24, 2.45) is 5.92 Å². The Morgan fingerprint density at radius 2 is 2.00 bits per heavy atom. The van der Waals surface area contributed by atoms with Crippen LogP contribution in [0, 0.1) is 12.8 Å². The predicted octanol–water partition coefficient (Wildman–Crippen LogP) is 3.04. The molecule has 4 heteroatoms. The molecular weight excluding hydrogens is 296 g/mol. The van der Waals surface area contributed by atoms with E-state index in [9.17, 15) is 10.2 Å². The fraction of sp³-hybridized carbons (Fsp3) is 0.571. The zero-order chi connectivity index (χ0) is 13.9. The molecule has 1 aromatic carbocycles. The molecule has 0 aliphatic rings. The van der Waals surface area contributed by atoms with Gasteiger partial charge in [0.25, 0.3) is 0 Å². The van der Waals surface area contributed by atoms with Gasteiger partial charge in [-0.2, -0.15) is 0 Å². The molecule has 0 saturated heterocycles. The molecule has 0 heterocycles. The Labute approximate surface area is 117 Å².